The number of rotatable bonds is 2. The molecule has 0 saturated carbocycles. The number of hydrogen-bond acceptors (Lipinski definition) is 3. The molecule has 98 valence electrons. The van der Waals surface area contributed by atoms with E-state index >= 15 is 0 Å². The number of amides is 2. The summed E-state index contributed by atoms with van der Waals surface area (Å²) in [7, 11) is 1.13. The van der Waals surface area contributed by atoms with Crippen LogP contribution in [-0.4, -0.2) is 49.8 Å². The Morgan fingerprint density at radius 2 is 2.12 bits per heavy atom. The third-order valence-corrected chi connectivity index (χ3v) is 2.57. The van der Waals surface area contributed by atoms with Gasteiger partial charge in [-0.15, -0.1) is 0 Å². The number of nitrogens with zero attached hydrogens (tertiary/aromatic N) is 1. The van der Waals surface area contributed by atoms with Gasteiger partial charge in [0.1, 0.15) is 6.54 Å². The number of halogens is 3. The molecule has 0 aromatic heterocycles. The van der Waals surface area contributed by atoms with Gasteiger partial charge in [0, 0.05) is 13.1 Å². The molecule has 2 amide bonds. The van der Waals surface area contributed by atoms with Crippen LogP contribution in [0, 0.1) is 5.92 Å². The average Bonchev–Trinajstić information content (AvgIpc) is 2.74. The summed E-state index contributed by atoms with van der Waals surface area (Å²) < 4.78 is 41.3. The van der Waals surface area contributed by atoms with Gasteiger partial charge in [0.2, 0.25) is 5.91 Å². The van der Waals surface area contributed by atoms with Crippen LogP contribution in [0.15, 0.2) is 0 Å². The quantitative estimate of drug-likeness (QED) is 0.791. The van der Waals surface area contributed by atoms with Gasteiger partial charge in [0.05, 0.1) is 13.0 Å². The lowest BCUT2D eigenvalue weighted by Crippen LogP contribution is -2.39. The maximum Gasteiger partial charge on any atom is 0.407 e. The van der Waals surface area contributed by atoms with E-state index in [1.807, 2.05) is 0 Å². The molecule has 0 aromatic carbocycles. The number of ether oxygens (including phenoxy) is 1. The summed E-state index contributed by atoms with van der Waals surface area (Å²) in [5.74, 6) is -2.01. The number of nitrogens with one attached hydrogen (secondary N) is 1. The lowest BCUT2D eigenvalue weighted by atomic mass is 10.1. The first-order chi connectivity index (χ1) is 7.84. The van der Waals surface area contributed by atoms with Gasteiger partial charge < -0.3 is 15.0 Å². The second-order valence-corrected chi connectivity index (χ2v) is 3.71. The largest absolute Gasteiger partial charge is 0.453 e. The molecule has 1 unspecified atom stereocenters. The van der Waals surface area contributed by atoms with Gasteiger partial charge in [-0.05, 0) is 6.42 Å². The van der Waals surface area contributed by atoms with Gasteiger partial charge in [-0.2, -0.15) is 13.2 Å². The lowest BCUT2D eigenvalue weighted by Gasteiger charge is -2.17. The summed E-state index contributed by atoms with van der Waals surface area (Å²) in [6.45, 7) is -0.631. The first-order valence-corrected chi connectivity index (χ1v) is 5.01. The van der Waals surface area contributed by atoms with Crippen molar-refractivity contribution in [2.75, 3.05) is 26.7 Å². The number of methoxy groups -OCH3 is 1. The fraction of sp³-hybridized carbons (Fsp3) is 0.778. The van der Waals surface area contributed by atoms with E-state index < -0.39 is 24.1 Å². The number of alkyl carbamates (subject to hydrolysis) is 1. The lowest BCUT2D eigenvalue weighted by molar-refractivity contribution is -0.171. The van der Waals surface area contributed by atoms with Crippen LogP contribution in [0.4, 0.5) is 18.0 Å². The Balaban J connectivity index is 2.38. The minimum Gasteiger partial charge on any atom is -0.453 e. The average molecular weight is 254 g/mol. The van der Waals surface area contributed by atoms with Gasteiger partial charge in [0.25, 0.3) is 0 Å². The zero-order valence-electron chi connectivity index (χ0n) is 9.21. The van der Waals surface area contributed by atoms with Crippen LogP contribution in [0.3, 0.4) is 0 Å². The van der Waals surface area contributed by atoms with Crippen LogP contribution in [0.5, 0.6) is 0 Å². The molecule has 8 heteroatoms. The van der Waals surface area contributed by atoms with Crippen molar-refractivity contribution in [3.63, 3.8) is 0 Å². The first kappa shape index (κ1) is 13.6. The van der Waals surface area contributed by atoms with E-state index in [4.69, 9.17) is 0 Å². The molecule has 17 heavy (non-hydrogen) atoms. The Morgan fingerprint density at radius 1 is 1.47 bits per heavy atom. The Kier molecular flexibility index (Phi) is 4.19. The molecule has 0 aromatic rings. The first-order valence-electron chi connectivity index (χ1n) is 5.01. The van der Waals surface area contributed by atoms with Crippen LogP contribution < -0.4 is 5.32 Å². The van der Waals surface area contributed by atoms with Crippen molar-refractivity contribution in [1.82, 2.24) is 10.2 Å². The maximum absolute atomic E-state index is 12.3. The minimum atomic E-state index is -4.27. The summed E-state index contributed by atoms with van der Waals surface area (Å²) in [5, 5.41) is 2.13. The van der Waals surface area contributed by atoms with Crippen molar-refractivity contribution < 1.29 is 27.5 Å². The van der Waals surface area contributed by atoms with Crippen LogP contribution in [-0.2, 0) is 9.53 Å². The molecule has 1 fully saturated rings. The second-order valence-electron chi connectivity index (χ2n) is 3.71. The highest BCUT2D eigenvalue weighted by Crippen LogP contribution is 2.33. The molecule has 0 spiro atoms. The van der Waals surface area contributed by atoms with E-state index in [1.54, 1.807) is 0 Å². The molecule has 1 rings (SSSR count). The third kappa shape index (κ3) is 3.79. The molecule has 5 nitrogen and oxygen atoms in total. The maximum atomic E-state index is 12.3. The molecular weight excluding hydrogens is 241 g/mol. The fourth-order valence-electron chi connectivity index (χ4n) is 1.59. The van der Waals surface area contributed by atoms with Crippen LogP contribution in [0.25, 0.3) is 0 Å². The zero-order chi connectivity index (χ0) is 13.1. The Labute approximate surface area is 95.9 Å². The summed E-state index contributed by atoms with van der Waals surface area (Å²) in [6, 6.07) is 0. The number of alkyl halides is 3. The van der Waals surface area contributed by atoms with Crippen molar-refractivity contribution in [2.24, 2.45) is 5.92 Å². The standard InChI is InChI=1S/C9H13F3N2O3/c1-17-8(16)13-4-7(15)14-3-2-6(5-14)9(10,11)12/h6H,2-5H2,1H3,(H,13,16). The molecular formula is C9H13F3N2O3. The van der Waals surface area contributed by atoms with Gasteiger partial charge in [-0.3, -0.25) is 4.79 Å². The molecule has 0 radical (unpaired) electrons. The smallest absolute Gasteiger partial charge is 0.407 e. The van der Waals surface area contributed by atoms with Crippen molar-refractivity contribution in [2.45, 2.75) is 12.6 Å². The molecule has 0 bridgehead atoms. The predicted octanol–water partition coefficient (Wildman–Crippen LogP) is 0.753. The third-order valence-electron chi connectivity index (χ3n) is 2.57. The van der Waals surface area contributed by atoms with Gasteiger partial charge in [-0.1, -0.05) is 0 Å². The summed E-state index contributed by atoms with van der Waals surface area (Å²) >= 11 is 0. The SMILES string of the molecule is COC(=O)NCC(=O)N1CCC(C(F)(F)F)C1. The van der Waals surface area contributed by atoms with Gasteiger partial charge >= 0.3 is 12.3 Å². The molecule has 1 N–H and O–H groups in total. The number of likely N-dealkylation sites (tertiary alicyclic amines) is 1. The molecule has 1 aliphatic rings. The minimum absolute atomic E-state index is 0.0614. The molecule has 1 saturated heterocycles. The number of carbonyl (C=O) groups is 2. The van der Waals surface area contributed by atoms with Crippen molar-refractivity contribution in [3.05, 3.63) is 0 Å². The van der Waals surface area contributed by atoms with Gasteiger partial charge in [0.15, 0.2) is 0 Å². The van der Waals surface area contributed by atoms with E-state index in [1.165, 1.54) is 0 Å². The summed E-state index contributed by atoms with van der Waals surface area (Å²) in [6.07, 6.45) is -5.15. The monoisotopic (exact) mass is 254 g/mol. The highest BCUT2D eigenvalue weighted by Gasteiger charge is 2.44. The Bertz CT molecular complexity index is 306. The van der Waals surface area contributed by atoms with E-state index in [-0.39, 0.29) is 26.1 Å². The van der Waals surface area contributed by atoms with Crippen LogP contribution >= 0.6 is 0 Å². The van der Waals surface area contributed by atoms with Crippen molar-refractivity contribution in [3.8, 4) is 0 Å². The second kappa shape index (κ2) is 5.24. The fourth-order valence-corrected chi connectivity index (χ4v) is 1.59. The van der Waals surface area contributed by atoms with E-state index in [9.17, 15) is 22.8 Å². The van der Waals surface area contributed by atoms with Crippen LogP contribution in [0.1, 0.15) is 6.42 Å². The van der Waals surface area contributed by atoms with E-state index in [0.29, 0.717) is 0 Å². The molecule has 0 aliphatic carbocycles. The Hall–Kier alpha value is -1.47. The van der Waals surface area contributed by atoms with Crippen LogP contribution in [0.2, 0.25) is 0 Å². The number of carbonyl (C=O) groups excluding carboxylic acids is 2. The zero-order valence-corrected chi connectivity index (χ0v) is 9.21. The normalized spacial score (nSPS) is 20.2. The highest BCUT2D eigenvalue weighted by molar-refractivity contribution is 5.82. The topological polar surface area (TPSA) is 58.6 Å². The molecule has 1 aliphatic heterocycles. The molecule has 1 atom stereocenters. The number of hydrogen-bond donors (Lipinski definition) is 1. The van der Waals surface area contributed by atoms with E-state index in [2.05, 4.69) is 10.1 Å². The Morgan fingerprint density at radius 3 is 2.59 bits per heavy atom. The predicted molar refractivity (Wildman–Crippen MR) is 51.1 cm³/mol. The highest BCUT2D eigenvalue weighted by atomic mass is 19.4. The summed E-state index contributed by atoms with van der Waals surface area (Å²) in [4.78, 5) is 23.2. The van der Waals surface area contributed by atoms with E-state index in [0.717, 1.165) is 12.0 Å². The molecule has 1 heterocycles. The summed E-state index contributed by atoms with van der Waals surface area (Å²) in [5.41, 5.74) is 0. The van der Waals surface area contributed by atoms with Crippen molar-refractivity contribution >= 4 is 12.0 Å². The van der Waals surface area contributed by atoms with Crippen molar-refractivity contribution in [1.29, 1.82) is 0 Å². The van der Waals surface area contributed by atoms with Gasteiger partial charge in [-0.25, -0.2) is 4.79 Å².